The Morgan fingerprint density at radius 3 is 2.71 bits per heavy atom. The van der Waals surface area contributed by atoms with E-state index in [4.69, 9.17) is 10.2 Å². The van der Waals surface area contributed by atoms with Crippen LogP contribution in [0.5, 0.6) is 0 Å². The number of nitrogens with one attached hydrogen (secondary N) is 1. The summed E-state index contributed by atoms with van der Waals surface area (Å²) >= 11 is 0. The van der Waals surface area contributed by atoms with Gasteiger partial charge in [-0.25, -0.2) is 4.39 Å². The molecule has 0 aliphatic rings. The maximum absolute atomic E-state index is 13.5. The number of nitro groups is 1. The van der Waals surface area contributed by atoms with Gasteiger partial charge < -0.3 is 20.6 Å². The van der Waals surface area contributed by atoms with Crippen molar-refractivity contribution in [2.24, 2.45) is 0 Å². The lowest BCUT2D eigenvalue weighted by Gasteiger charge is -2.21. The van der Waals surface area contributed by atoms with Crippen LogP contribution in [0.3, 0.4) is 0 Å². The average Bonchev–Trinajstić information content (AvgIpc) is 2.94. The monoisotopic (exact) mass is 337 g/mol. The molecule has 0 saturated heterocycles. The second kappa shape index (κ2) is 6.28. The van der Waals surface area contributed by atoms with Crippen LogP contribution in [-0.2, 0) is 5.60 Å². The minimum Gasteiger partial charge on any atom is -0.463 e. The molecule has 0 spiro atoms. The van der Waals surface area contributed by atoms with Gasteiger partial charge in [-0.2, -0.15) is 0 Å². The Morgan fingerprint density at radius 1 is 1.50 bits per heavy atom. The standard InChI is InChI=1S/C15H16FN3O5/c1-8-3-4-12(24-8)15(2,21)7-18-14(20)10-5-9(16)6-11(13(10)17)19(22)23/h3-6,21H,7,17H2,1-2H3,(H,18,20). The first kappa shape index (κ1) is 17.4. The number of aryl methyl sites for hydroxylation is 1. The highest BCUT2D eigenvalue weighted by atomic mass is 19.1. The van der Waals surface area contributed by atoms with Crippen molar-refractivity contribution >= 4 is 17.3 Å². The van der Waals surface area contributed by atoms with Gasteiger partial charge in [-0.15, -0.1) is 0 Å². The van der Waals surface area contributed by atoms with Crippen molar-refractivity contribution in [2.45, 2.75) is 19.4 Å². The van der Waals surface area contributed by atoms with Gasteiger partial charge >= 0.3 is 0 Å². The summed E-state index contributed by atoms with van der Waals surface area (Å²) in [4.78, 5) is 22.1. The number of furan rings is 1. The van der Waals surface area contributed by atoms with Crippen molar-refractivity contribution < 1.29 is 23.6 Å². The molecule has 0 aliphatic heterocycles. The first-order valence-electron chi connectivity index (χ1n) is 6.92. The highest BCUT2D eigenvalue weighted by Gasteiger charge is 2.29. The van der Waals surface area contributed by atoms with E-state index in [1.165, 1.54) is 6.92 Å². The third-order valence-corrected chi connectivity index (χ3v) is 3.43. The number of nitro benzene ring substituents is 1. The molecule has 0 saturated carbocycles. The first-order valence-corrected chi connectivity index (χ1v) is 6.92. The first-order chi connectivity index (χ1) is 11.1. The Morgan fingerprint density at radius 2 is 2.17 bits per heavy atom. The number of nitrogens with two attached hydrogens (primary N) is 1. The molecule has 24 heavy (non-hydrogen) atoms. The third-order valence-electron chi connectivity index (χ3n) is 3.43. The van der Waals surface area contributed by atoms with Gasteiger partial charge in [0.15, 0.2) is 0 Å². The van der Waals surface area contributed by atoms with Crippen LogP contribution >= 0.6 is 0 Å². The molecule has 128 valence electrons. The van der Waals surface area contributed by atoms with Crippen LogP contribution in [0, 0.1) is 22.9 Å². The zero-order valence-corrected chi connectivity index (χ0v) is 13.0. The van der Waals surface area contributed by atoms with Crippen LogP contribution in [-0.4, -0.2) is 22.5 Å². The number of benzene rings is 1. The zero-order chi connectivity index (χ0) is 18.1. The number of anilines is 1. The van der Waals surface area contributed by atoms with E-state index in [-0.39, 0.29) is 17.9 Å². The number of aliphatic hydroxyl groups is 1. The highest BCUT2D eigenvalue weighted by Crippen LogP contribution is 2.27. The SMILES string of the molecule is Cc1ccc(C(C)(O)CNC(=O)c2cc(F)cc([N+](=O)[O-])c2N)o1. The summed E-state index contributed by atoms with van der Waals surface area (Å²) in [6.45, 7) is 2.86. The molecule has 1 unspecified atom stereocenters. The molecule has 1 amide bonds. The van der Waals surface area contributed by atoms with E-state index >= 15 is 0 Å². The zero-order valence-electron chi connectivity index (χ0n) is 13.0. The number of nitrogens with zero attached hydrogens (tertiary/aromatic N) is 1. The lowest BCUT2D eigenvalue weighted by atomic mass is 10.0. The quantitative estimate of drug-likeness (QED) is 0.433. The molecule has 0 aliphatic carbocycles. The Bertz CT molecular complexity index is 800. The van der Waals surface area contributed by atoms with Crippen LogP contribution in [0.25, 0.3) is 0 Å². The van der Waals surface area contributed by atoms with Crippen molar-refractivity contribution in [1.29, 1.82) is 0 Å². The van der Waals surface area contributed by atoms with Gasteiger partial charge in [0.05, 0.1) is 23.1 Å². The van der Waals surface area contributed by atoms with Gasteiger partial charge in [0.25, 0.3) is 11.6 Å². The van der Waals surface area contributed by atoms with Gasteiger partial charge in [0, 0.05) is 0 Å². The molecule has 2 rings (SSSR count). The van der Waals surface area contributed by atoms with Crippen molar-refractivity contribution in [3.63, 3.8) is 0 Å². The molecule has 0 fully saturated rings. The Labute approximate surface area is 136 Å². The molecule has 8 nitrogen and oxygen atoms in total. The number of carbonyl (C=O) groups is 1. The molecule has 0 radical (unpaired) electrons. The molecule has 1 aromatic carbocycles. The smallest absolute Gasteiger partial charge is 0.295 e. The molecule has 2 aromatic rings. The number of hydrogen-bond acceptors (Lipinski definition) is 6. The third kappa shape index (κ3) is 3.51. The number of amides is 1. The van der Waals surface area contributed by atoms with Gasteiger partial charge in [0.2, 0.25) is 0 Å². The fourth-order valence-corrected chi connectivity index (χ4v) is 2.10. The van der Waals surface area contributed by atoms with E-state index in [0.717, 1.165) is 6.07 Å². The average molecular weight is 337 g/mol. The molecule has 0 bridgehead atoms. The number of nitrogen functional groups attached to an aromatic ring is 1. The van der Waals surface area contributed by atoms with E-state index in [0.29, 0.717) is 11.8 Å². The minimum atomic E-state index is -1.52. The number of hydrogen-bond donors (Lipinski definition) is 3. The van der Waals surface area contributed by atoms with Crippen LogP contribution in [0.2, 0.25) is 0 Å². The fourth-order valence-electron chi connectivity index (χ4n) is 2.10. The van der Waals surface area contributed by atoms with Gasteiger partial charge in [-0.3, -0.25) is 14.9 Å². The maximum atomic E-state index is 13.5. The van der Waals surface area contributed by atoms with Crippen LogP contribution in [0.1, 0.15) is 28.8 Å². The normalized spacial score (nSPS) is 13.3. The summed E-state index contributed by atoms with van der Waals surface area (Å²) < 4.78 is 18.8. The molecular weight excluding hydrogens is 321 g/mol. The second-order valence-electron chi connectivity index (χ2n) is 5.51. The molecule has 1 atom stereocenters. The molecule has 1 aromatic heterocycles. The molecule has 4 N–H and O–H groups in total. The molecule has 9 heteroatoms. The van der Waals surface area contributed by atoms with E-state index in [9.17, 15) is 24.4 Å². The Hall–Kier alpha value is -2.94. The van der Waals surface area contributed by atoms with Gasteiger partial charge in [-0.1, -0.05) is 0 Å². The summed E-state index contributed by atoms with van der Waals surface area (Å²) in [5.41, 5.74) is 2.51. The van der Waals surface area contributed by atoms with Crippen LogP contribution < -0.4 is 11.1 Å². The Kier molecular flexibility index (Phi) is 4.56. The predicted octanol–water partition coefficient (Wildman–Crippen LogP) is 1.86. The number of rotatable bonds is 5. The largest absolute Gasteiger partial charge is 0.463 e. The summed E-state index contributed by atoms with van der Waals surface area (Å²) in [7, 11) is 0. The lowest BCUT2D eigenvalue weighted by molar-refractivity contribution is -0.384. The van der Waals surface area contributed by atoms with Crippen LogP contribution in [0.15, 0.2) is 28.7 Å². The van der Waals surface area contributed by atoms with Crippen molar-refractivity contribution in [3.8, 4) is 0 Å². The van der Waals surface area contributed by atoms with Gasteiger partial charge in [0.1, 0.15) is 28.6 Å². The van der Waals surface area contributed by atoms with Crippen molar-refractivity contribution in [1.82, 2.24) is 5.32 Å². The summed E-state index contributed by atoms with van der Waals surface area (Å²) in [5, 5.41) is 23.5. The maximum Gasteiger partial charge on any atom is 0.295 e. The topological polar surface area (TPSA) is 132 Å². The molecule has 1 heterocycles. The van der Waals surface area contributed by atoms with Crippen molar-refractivity contribution in [2.75, 3.05) is 12.3 Å². The molecular formula is C15H16FN3O5. The van der Waals surface area contributed by atoms with E-state index in [2.05, 4.69) is 5.32 Å². The highest BCUT2D eigenvalue weighted by molar-refractivity contribution is 6.01. The minimum absolute atomic E-state index is 0.235. The second-order valence-corrected chi connectivity index (χ2v) is 5.51. The Balaban J connectivity index is 2.20. The summed E-state index contributed by atoms with van der Waals surface area (Å²) in [6.07, 6.45) is 0. The summed E-state index contributed by atoms with van der Waals surface area (Å²) in [5.74, 6) is -0.992. The van der Waals surface area contributed by atoms with Crippen molar-refractivity contribution in [3.05, 3.63) is 57.3 Å². The summed E-state index contributed by atoms with van der Waals surface area (Å²) in [6, 6.07) is 4.64. The number of carbonyl (C=O) groups excluding carboxylic acids is 1. The van der Waals surface area contributed by atoms with Crippen LogP contribution in [0.4, 0.5) is 15.8 Å². The fraction of sp³-hybridized carbons (Fsp3) is 0.267. The number of halogens is 1. The predicted molar refractivity (Wildman–Crippen MR) is 82.8 cm³/mol. The van der Waals surface area contributed by atoms with E-state index < -0.39 is 33.6 Å². The van der Waals surface area contributed by atoms with E-state index in [1.807, 2.05) is 0 Å². The van der Waals surface area contributed by atoms with Gasteiger partial charge in [-0.05, 0) is 32.0 Å². The van der Waals surface area contributed by atoms with E-state index in [1.54, 1.807) is 19.1 Å². The lowest BCUT2D eigenvalue weighted by Crippen LogP contribution is -2.38.